The Morgan fingerprint density at radius 2 is 2.24 bits per heavy atom. The van der Waals surface area contributed by atoms with Gasteiger partial charge >= 0.3 is 0 Å². The summed E-state index contributed by atoms with van der Waals surface area (Å²) in [6.07, 6.45) is 2.02. The van der Waals surface area contributed by atoms with Gasteiger partial charge in [0, 0.05) is 24.4 Å². The minimum Gasteiger partial charge on any atom is -0.507 e. The largest absolute Gasteiger partial charge is 0.507 e. The van der Waals surface area contributed by atoms with E-state index in [0.717, 1.165) is 9.32 Å². The molecule has 1 rings (SSSR count). The Bertz CT molecular complexity index is 411. The number of benzene rings is 1. The Morgan fingerprint density at radius 3 is 2.76 bits per heavy atom. The SMILES string of the molecule is CSCC(C)N(C)C(=O)c1ccc(I)c(O)c1. The molecular weight excluding hydrogens is 349 g/mol. The van der Waals surface area contributed by atoms with Crippen LogP contribution >= 0.6 is 34.4 Å². The van der Waals surface area contributed by atoms with Gasteiger partial charge in [0.1, 0.15) is 5.75 Å². The van der Waals surface area contributed by atoms with Gasteiger partial charge in [0.2, 0.25) is 0 Å². The monoisotopic (exact) mass is 365 g/mol. The van der Waals surface area contributed by atoms with Gasteiger partial charge in [0.15, 0.2) is 0 Å². The smallest absolute Gasteiger partial charge is 0.253 e. The first-order valence-corrected chi connectivity index (χ1v) is 7.69. The van der Waals surface area contributed by atoms with Crippen LogP contribution in [-0.2, 0) is 0 Å². The normalized spacial score (nSPS) is 12.2. The van der Waals surface area contributed by atoms with Crippen LogP contribution in [0.4, 0.5) is 0 Å². The summed E-state index contributed by atoms with van der Waals surface area (Å²) in [5.74, 6) is 0.999. The zero-order chi connectivity index (χ0) is 13.0. The van der Waals surface area contributed by atoms with Crippen LogP contribution in [0.2, 0.25) is 0 Å². The number of nitrogens with zero attached hydrogens (tertiary/aromatic N) is 1. The van der Waals surface area contributed by atoms with Crippen LogP contribution in [-0.4, -0.2) is 41.0 Å². The highest BCUT2D eigenvalue weighted by molar-refractivity contribution is 14.1. The van der Waals surface area contributed by atoms with Crippen LogP contribution in [0.25, 0.3) is 0 Å². The Hall–Kier alpha value is -0.430. The molecule has 17 heavy (non-hydrogen) atoms. The maximum Gasteiger partial charge on any atom is 0.253 e. The lowest BCUT2D eigenvalue weighted by molar-refractivity contribution is 0.0757. The highest BCUT2D eigenvalue weighted by atomic mass is 127. The molecule has 0 aliphatic heterocycles. The van der Waals surface area contributed by atoms with Crippen molar-refractivity contribution in [3.63, 3.8) is 0 Å². The number of rotatable bonds is 4. The van der Waals surface area contributed by atoms with E-state index in [0.29, 0.717) is 5.56 Å². The quantitative estimate of drug-likeness (QED) is 0.835. The van der Waals surface area contributed by atoms with Gasteiger partial charge < -0.3 is 10.0 Å². The number of phenols is 1. The highest BCUT2D eigenvalue weighted by Crippen LogP contribution is 2.21. The molecule has 1 amide bonds. The zero-order valence-corrected chi connectivity index (χ0v) is 13.1. The molecule has 0 radical (unpaired) electrons. The van der Waals surface area contributed by atoms with E-state index in [9.17, 15) is 9.90 Å². The fraction of sp³-hybridized carbons (Fsp3) is 0.417. The molecule has 1 aromatic carbocycles. The minimum atomic E-state index is -0.0572. The lowest BCUT2D eigenvalue weighted by Gasteiger charge is -2.24. The van der Waals surface area contributed by atoms with Gasteiger partial charge in [0.25, 0.3) is 5.91 Å². The van der Waals surface area contributed by atoms with Gasteiger partial charge in [-0.15, -0.1) is 0 Å². The number of thioether (sulfide) groups is 1. The summed E-state index contributed by atoms with van der Waals surface area (Å²) in [7, 11) is 1.79. The van der Waals surface area contributed by atoms with Crippen molar-refractivity contribution in [2.24, 2.45) is 0 Å². The van der Waals surface area contributed by atoms with Gasteiger partial charge in [-0.25, -0.2) is 0 Å². The van der Waals surface area contributed by atoms with E-state index < -0.39 is 0 Å². The Balaban J connectivity index is 2.85. The number of aromatic hydroxyl groups is 1. The number of halogens is 1. The maximum atomic E-state index is 12.1. The van der Waals surface area contributed by atoms with E-state index >= 15 is 0 Å². The lowest BCUT2D eigenvalue weighted by atomic mass is 10.1. The summed E-state index contributed by atoms with van der Waals surface area (Å²) in [6.45, 7) is 2.01. The number of carbonyl (C=O) groups is 1. The van der Waals surface area contributed by atoms with E-state index in [1.807, 2.05) is 35.8 Å². The molecule has 5 heteroatoms. The third kappa shape index (κ3) is 3.77. The van der Waals surface area contributed by atoms with E-state index in [1.165, 1.54) is 6.07 Å². The van der Waals surface area contributed by atoms with Crippen molar-refractivity contribution in [1.82, 2.24) is 4.90 Å². The van der Waals surface area contributed by atoms with Crippen LogP contribution in [0.5, 0.6) is 5.75 Å². The molecule has 1 unspecified atom stereocenters. The predicted octanol–water partition coefficient (Wildman–Crippen LogP) is 2.82. The molecule has 0 heterocycles. The topological polar surface area (TPSA) is 40.5 Å². The molecule has 0 aliphatic carbocycles. The fourth-order valence-electron chi connectivity index (χ4n) is 1.40. The highest BCUT2D eigenvalue weighted by Gasteiger charge is 2.17. The third-order valence-corrected chi connectivity index (χ3v) is 4.31. The summed E-state index contributed by atoms with van der Waals surface area (Å²) < 4.78 is 0.749. The summed E-state index contributed by atoms with van der Waals surface area (Å²) in [6, 6.07) is 5.19. The molecule has 94 valence electrons. The molecule has 0 spiro atoms. The van der Waals surface area contributed by atoms with E-state index in [1.54, 1.807) is 35.8 Å². The van der Waals surface area contributed by atoms with Crippen molar-refractivity contribution < 1.29 is 9.90 Å². The van der Waals surface area contributed by atoms with Gasteiger partial charge in [-0.1, -0.05) is 0 Å². The van der Waals surface area contributed by atoms with Crippen LogP contribution in [0.3, 0.4) is 0 Å². The molecule has 0 bridgehead atoms. The maximum absolute atomic E-state index is 12.1. The molecule has 0 saturated carbocycles. The van der Waals surface area contributed by atoms with Crippen molar-refractivity contribution in [3.8, 4) is 5.75 Å². The summed E-state index contributed by atoms with van der Waals surface area (Å²) in [5.41, 5.74) is 0.526. The summed E-state index contributed by atoms with van der Waals surface area (Å²) in [5, 5.41) is 9.59. The molecule has 0 aromatic heterocycles. The van der Waals surface area contributed by atoms with E-state index in [-0.39, 0.29) is 17.7 Å². The number of phenolic OH excluding ortho intramolecular Hbond substituents is 1. The average molecular weight is 365 g/mol. The number of hydrogen-bond donors (Lipinski definition) is 1. The molecule has 0 aliphatic rings. The van der Waals surface area contributed by atoms with Crippen LogP contribution in [0.15, 0.2) is 18.2 Å². The third-order valence-electron chi connectivity index (χ3n) is 2.58. The Labute approximate surface area is 120 Å². The van der Waals surface area contributed by atoms with Crippen molar-refractivity contribution in [3.05, 3.63) is 27.3 Å². The number of amides is 1. The van der Waals surface area contributed by atoms with Gasteiger partial charge in [-0.3, -0.25) is 4.79 Å². The number of carbonyl (C=O) groups excluding carboxylic acids is 1. The molecule has 1 aromatic rings. The molecule has 0 fully saturated rings. The van der Waals surface area contributed by atoms with E-state index in [2.05, 4.69) is 0 Å². The van der Waals surface area contributed by atoms with Gasteiger partial charge in [-0.2, -0.15) is 11.8 Å². The second kappa shape index (κ2) is 6.49. The standard InChI is InChI=1S/C12H16INO2S/c1-8(7-17-3)14(2)12(16)9-4-5-10(13)11(15)6-9/h4-6,8,15H,7H2,1-3H3. The van der Waals surface area contributed by atoms with E-state index in [4.69, 9.17) is 0 Å². The first-order valence-electron chi connectivity index (χ1n) is 5.22. The van der Waals surface area contributed by atoms with Gasteiger partial charge in [0.05, 0.1) is 3.57 Å². The zero-order valence-electron chi connectivity index (χ0n) is 10.1. The molecule has 1 N–H and O–H groups in total. The number of hydrogen-bond acceptors (Lipinski definition) is 3. The molecule has 0 saturated heterocycles. The predicted molar refractivity (Wildman–Crippen MR) is 80.8 cm³/mol. The van der Waals surface area contributed by atoms with Gasteiger partial charge in [-0.05, 0) is 54.0 Å². The summed E-state index contributed by atoms with van der Waals surface area (Å²) in [4.78, 5) is 13.8. The Morgan fingerprint density at radius 1 is 1.59 bits per heavy atom. The van der Waals surface area contributed by atoms with Crippen LogP contribution < -0.4 is 0 Å². The van der Waals surface area contributed by atoms with Crippen molar-refractivity contribution >= 4 is 40.3 Å². The molecule has 1 atom stereocenters. The molecular formula is C12H16INO2S. The lowest BCUT2D eigenvalue weighted by Crippen LogP contribution is -2.36. The average Bonchev–Trinajstić information content (AvgIpc) is 2.31. The first-order chi connectivity index (χ1) is 7.97. The summed E-state index contributed by atoms with van der Waals surface area (Å²) >= 11 is 3.74. The minimum absolute atomic E-state index is 0.0572. The Kier molecular flexibility index (Phi) is 5.58. The van der Waals surface area contributed by atoms with Crippen molar-refractivity contribution in [2.75, 3.05) is 19.1 Å². The van der Waals surface area contributed by atoms with Crippen molar-refractivity contribution in [2.45, 2.75) is 13.0 Å². The molecule has 3 nitrogen and oxygen atoms in total. The second-order valence-corrected chi connectivity index (χ2v) is 5.96. The fourth-order valence-corrected chi connectivity index (χ4v) is 2.44. The first kappa shape index (κ1) is 14.6. The van der Waals surface area contributed by atoms with Crippen LogP contribution in [0, 0.1) is 3.57 Å². The van der Waals surface area contributed by atoms with Crippen molar-refractivity contribution in [1.29, 1.82) is 0 Å². The van der Waals surface area contributed by atoms with Crippen LogP contribution in [0.1, 0.15) is 17.3 Å². The second-order valence-electron chi connectivity index (χ2n) is 3.89.